The van der Waals surface area contributed by atoms with E-state index in [4.69, 9.17) is 11.6 Å². The van der Waals surface area contributed by atoms with Crippen molar-refractivity contribution in [2.75, 3.05) is 0 Å². The first-order valence-electron chi connectivity index (χ1n) is 6.45. The van der Waals surface area contributed by atoms with Gasteiger partial charge in [0, 0.05) is 12.5 Å². The van der Waals surface area contributed by atoms with E-state index < -0.39 is 0 Å². The summed E-state index contributed by atoms with van der Waals surface area (Å²) in [6, 6.07) is 8.98. The van der Waals surface area contributed by atoms with Crippen LogP contribution in [0, 0.1) is 0 Å². The van der Waals surface area contributed by atoms with Gasteiger partial charge in [-0.2, -0.15) is 0 Å². The third kappa shape index (κ3) is 1.93. The van der Waals surface area contributed by atoms with Gasteiger partial charge in [-0.15, -0.1) is 10.2 Å². The molecular weight excluding hydrogens is 246 g/mol. The Kier molecular flexibility index (Phi) is 3.08. The minimum atomic E-state index is 0.381. The Labute approximate surface area is 112 Å². The second-order valence-electron chi connectivity index (χ2n) is 4.84. The lowest BCUT2D eigenvalue weighted by atomic mass is 10.1. The van der Waals surface area contributed by atoms with Crippen LogP contribution in [0.15, 0.2) is 24.3 Å². The molecule has 0 radical (unpaired) electrons. The molecule has 0 unspecified atom stereocenters. The molecule has 0 fully saturated rings. The maximum Gasteiger partial charge on any atom is 0.225 e. The molecule has 0 saturated heterocycles. The Bertz CT molecular complexity index is 537. The van der Waals surface area contributed by atoms with Crippen molar-refractivity contribution in [2.24, 2.45) is 0 Å². The number of hydrogen-bond acceptors (Lipinski definition) is 2. The van der Waals surface area contributed by atoms with E-state index in [-0.39, 0.29) is 0 Å². The van der Waals surface area contributed by atoms with Gasteiger partial charge in [-0.05, 0) is 42.0 Å². The number of nitrogens with zero attached hydrogens (tertiary/aromatic N) is 3. The first-order chi connectivity index (χ1) is 8.79. The summed E-state index contributed by atoms with van der Waals surface area (Å²) in [4.78, 5) is 0. The molecule has 18 heavy (non-hydrogen) atoms. The number of hydrogen-bond donors (Lipinski definition) is 0. The number of halogens is 1. The smallest absolute Gasteiger partial charge is 0.225 e. The predicted octanol–water partition coefficient (Wildman–Crippen LogP) is 3.22. The van der Waals surface area contributed by atoms with Crippen LogP contribution < -0.4 is 0 Å². The molecule has 2 aromatic rings. The van der Waals surface area contributed by atoms with Gasteiger partial charge < -0.3 is 0 Å². The average molecular weight is 262 g/mol. The first-order valence-corrected chi connectivity index (χ1v) is 6.83. The summed E-state index contributed by atoms with van der Waals surface area (Å²) >= 11 is 6.19. The van der Waals surface area contributed by atoms with Crippen molar-refractivity contribution in [3.05, 3.63) is 46.5 Å². The zero-order chi connectivity index (χ0) is 12.5. The van der Waals surface area contributed by atoms with Gasteiger partial charge in [0.05, 0.1) is 0 Å². The molecule has 94 valence electrons. The fourth-order valence-corrected chi connectivity index (χ4v) is 3.05. The van der Waals surface area contributed by atoms with Gasteiger partial charge in [0.25, 0.3) is 0 Å². The lowest BCUT2D eigenvalue weighted by Gasteiger charge is -2.14. The van der Waals surface area contributed by atoms with Gasteiger partial charge in [-0.3, -0.25) is 4.57 Å². The van der Waals surface area contributed by atoms with Gasteiger partial charge in [0.15, 0.2) is 0 Å². The molecule has 1 aliphatic rings. The first kappa shape index (κ1) is 11.7. The zero-order valence-corrected chi connectivity index (χ0v) is 11.2. The predicted molar refractivity (Wildman–Crippen MR) is 71.9 cm³/mol. The number of benzene rings is 1. The molecule has 1 heterocycles. The summed E-state index contributed by atoms with van der Waals surface area (Å²) < 4.78 is 2.12. The Morgan fingerprint density at radius 2 is 1.89 bits per heavy atom. The van der Waals surface area contributed by atoms with Crippen molar-refractivity contribution < 1.29 is 0 Å². The van der Waals surface area contributed by atoms with Crippen LogP contribution in [-0.4, -0.2) is 14.8 Å². The molecule has 0 aliphatic heterocycles. The summed E-state index contributed by atoms with van der Waals surface area (Å²) in [6.45, 7) is 2.15. The van der Waals surface area contributed by atoms with Gasteiger partial charge in [-0.25, -0.2) is 0 Å². The standard InChI is InChI=1S/C14H16ClN3/c1-2-5-13-16-17-14(15)18(13)12-8-10-6-3-4-7-11(10)9-12/h3-4,6-7,12H,2,5,8-9H2,1H3. The summed E-state index contributed by atoms with van der Waals surface area (Å²) in [7, 11) is 0. The second-order valence-corrected chi connectivity index (χ2v) is 5.17. The topological polar surface area (TPSA) is 30.7 Å². The van der Waals surface area contributed by atoms with Crippen LogP contribution in [0.3, 0.4) is 0 Å². The molecule has 0 bridgehead atoms. The summed E-state index contributed by atoms with van der Waals surface area (Å²) in [5.41, 5.74) is 2.85. The van der Waals surface area contributed by atoms with Crippen LogP contribution >= 0.6 is 11.6 Å². The Morgan fingerprint density at radius 3 is 2.50 bits per heavy atom. The van der Waals surface area contributed by atoms with Crippen molar-refractivity contribution in [1.82, 2.24) is 14.8 Å². The molecule has 3 nitrogen and oxygen atoms in total. The molecule has 3 rings (SSSR count). The van der Waals surface area contributed by atoms with Crippen molar-refractivity contribution in [1.29, 1.82) is 0 Å². The Hall–Kier alpha value is -1.35. The summed E-state index contributed by atoms with van der Waals surface area (Å²) in [6.07, 6.45) is 4.07. The summed E-state index contributed by atoms with van der Waals surface area (Å²) in [5.74, 6) is 1.01. The van der Waals surface area contributed by atoms with Crippen molar-refractivity contribution in [3.63, 3.8) is 0 Å². The number of aromatic nitrogens is 3. The molecule has 1 aromatic carbocycles. The largest absolute Gasteiger partial charge is 0.298 e. The fraction of sp³-hybridized carbons (Fsp3) is 0.429. The number of fused-ring (bicyclic) bond motifs is 1. The monoisotopic (exact) mass is 261 g/mol. The van der Waals surface area contributed by atoms with Crippen molar-refractivity contribution in [2.45, 2.75) is 38.6 Å². The molecule has 4 heteroatoms. The van der Waals surface area contributed by atoms with Crippen LogP contribution in [0.5, 0.6) is 0 Å². The Balaban J connectivity index is 1.92. The van der Waals surface area contributed by atoms with Crippen LogP contribution in [0.4, 0.5) is 0 Å². The quantitative estimate of drug-likeness (QED) is 0.849. The second kappa shape index (κ2) is 4.73. The van der Waals surface area contributed by atoms with E-state index in [1.54, 1.807) is 0 Å². The normalized spacial score (nSPS) is 15.0. The molecular formula is C14H16ClN3. The van der Waals surface area contributed by atoms with Crippen molar-refractivity contribution in [3.8, 4) is 0 Å². The van der Waals surface area contributed by atoms with Crippen LogP contribution in [0.2, 0.25) is 5.28 Å². The lowest BCUT2D eigenvalue weighted by Crippen LogP contribution is -2.13. The zero-order valence-electron chi connectivity index (χ0n) is 10.4. The molecule has 0 atom stereocenters. The fourth-order valence-electron chi connectivity index (χ4n) is 2.78. The SMILES string of the molecule is CCCc1nnc(Cl)n1C1Cc2ccccc2C1. The Morgan fingerprint density at radius 1 is 1.22 bits per heavy atom. The van der Waals surface area contributed by atoms with Gasteiger partial charge in [-0.1, -0.05) is 31.2 Å². The number of rotatable bonds is 3. The highest BCUT2D eigenvalue weighted by Gasteiger charge is 2.26. The third-order valence-corrected chi connectivity index (χ3v) is 3.85. The van der Waals surface area contributed by atoms with E-state index in [0.29, 0.717) is 11.3 Å². The van der Waals surface area contributed by atoms with Gasteiger partial charge >= 0.3 is 0 Å². The van der Waals surface area contributed by atoms with E-state index in [1.807, 2.05) is 0 Å². The molecule has 0 amide bonds. The van der Waals surface area contributed by atoms with E-state index in [1.165, 1.54) is 11.1 Å². The van der Waals surface area contributed by atoms with E-state index >= 15 is 0 Å². The average Bonchev–Trinajstić information content (AvgIpc) is 2.93. The summed E-state index contributed by atoms with van der Waals surface area (Å²) in [5, 5.41) is 8.74. The van der Waals surface area contributed by atoms with E-state index in [9.17, 15) is 0 Å². The molecule has 1 aliphatic carbocycles. The van der Waals surface area contributed by atoms with Crippen LogP contribution in [0.1, 0.15) is 36.3 Å². The van der Waals surface area contributed by atoms with E-state index in [2.05, 4.69) is 46.0 Å². The highest BCUT2D eigenvalue weighted by Crippen LogP contribution is 2.32. The molecule has 1 aromatic heterocycles. The van der Waals surface area contributed by atoms with Gasteiger partial charge in [0.1, 0.15) is 5.82 Å². The third-order valence-electron chi connectivity index (χ3n) is 3.59. The molecule has 0 N–H and O–H groups in total. The minimum Gasteiger partial charge on any atom is -0.298 e. The maximum atomic E-state index is 6.19. The van der Waals surface area contributed by atoms with Crippen LogP contribution in [-0.2, 0) is 19.3 Å². The minimum absolute atomic E-state index is 0.381. The molecule has 0 spiro atoms. The highest BCUT2D eigenvalue weighted by atomic mass is 35.5. The maximum absolute atomic E-state index is 6.19. The van der Waals surface area contributed by atoms with Gasteiger partial charge in [0.2, 0.25) is 5.28 Å². The number of aryl methyl sites for hydroxylation is 1. The van der Waals surface area contributed by atoms with Crippen molar-refractivity contribution >= 4 is 11.6 Å². The highest BCUT2D eigenvalue weighted by molar-refractivity contribution is 6.28. The van der Waals surface area contributed by atoms with Crippen LogP contribution in [0.25, 0.3) is 0 Å². The lowest BCUT2D eigenvalue weighted by molar-refractivity contribution is 0.504. The molecule has 0 saturated carbocycles. The van der Waals surface area contributed by atoms with E-state index in [0.717, 1.165) is 31.5 Å².